The van der Waals surface area contributed by atoms with Gasteiger partial charge in [-0.3, -0.25) is 14.6 Å². The van der Waals surface area contributed by atoms with Crippen molar-refractivity contribution in [1.29, 1.82) is 0 Å². The molecule has 0 saturated carbocycles. The molecule has 0 unspecified atom stereocenters. The predicted octanol–water partition coefficient (Wildman–Crippen LogP) is 0.619. The standard InChI is InChI=1S/C13H16N3O2/c17-10-15-12-6-2-4-8-16(13(12)18)9-11-5-1-3-7-14-11/h1,3,5,7,12H,2,4,6,8-9H2,(H,15,17)/t12-/m0/s1. The minimum absolute atomic E-state index is 0.0403. The Bertz CT molecular complexity index is 408. The van der Waals surface area contributed by atoms with E-state index >= 15 is 0 Å². The molecule has 1 atom stereocenters. The number of likely N-dealkylation sites (tertiary alicyclic amines) is 1. The first kappa shape index (κ1) is 12.5. The van der Waals surface area contributed by atoms with Crippen LogP contribution in [0.1, 0.15) is 25.0 Å². The van der Waals surface area contributed by atoms with Crippen LogP contribution in [0.5, 0.6) is 0 Å². The lowest BCUT2D eigenvalue weighted by atomic mass is 10.1. The second-order valence-electron chi connectivity index (χ2n) is 4.38. The molecular weight excluding hydrogens is 230 g/mol. The highest BCUT2D eigenvalue weighted by molar-refractivity contribution is 5.83. The van der Waals surface area contributed by atoms with Gasteiger partial charge in [-0.15, -0.1) is 0 Å². The van der Waals surface area contributed by atoms with Crippen LogP contribution in [0.3, 0.4) is 0 Å². The Morgan fingerprint density at radius 1 is 1.44 bits per heavy atom. The first-order valence-corrected chi connectivity index (χ1v) is 6.12. The molecule has 18 heavy (non-hydrogen) atoms. The van der Waals surface area contributed by atoms with Crippen molar-refractivity contribution in [2.24, 2.45) is 0 Å². The monoisotopic (exact) mass is 246 g/mol. The fourth-order valence-electron chi connectivity index (χ4n) is 2.15. The second-order valence-corrected chi connectivity index (χ2v) is 4.38. The molecule has 1 aromatic rings. The van der Waals surface area contributed by atoms with Crippen LogP contribution < -0.4 is 5.32 Å². The molecule has 5 heteroatoms. The van der Waals surface area contributed by atoms with Gasteiger partial charge in [0.15, 0.2) is 0 Å². The highest BCUT2D eigenvalue weighted by Crippen LogP contribution is 2.14. The van der Waals surface area contributed by atoms with E-state index in [-0.39, 0.29) is 5.91 Å². The van der Waals surface area contributed by atoms with Crippen LogP contribution in [-0.4, -0.2) is 34.8 Å². The van der Waals surface area contributed by atoms with Crippen molar-refractivity contribution in [1.82, 2.24) is 15.2 Å². The van der Waals surface area contributed by atoms with E-state index in [0.29, 0.717) is 19.5 Å². The van der Waals surface area contributed by atoms with E-state index in [1.807, 2.05) is 18.2 Å². The molecule has 2 rings (SSSR count). The lowest BCUT2D eigenvalue weighted by molar-refractivity contribution is -0.133. The first-order chi connectivity index (χ1) is 8.81. The van der Waals surface area contributed by atoms with Gasteiger partial charge in [-0.1, -0.05) is 6.07 Å². The Kier molecular flexibility index (Phi) is 4.28. The number of pyridine rings is 1. The van der Waals surface area contributed by atoms with E-state index in [9.17, 15) is 9.59 Å². The van der Waals surface area contributed by atoms with Crippen molar-refractivity contribution >= 4 is 12.3 Å². The van der Waals surface area contributed by atoms with Crippen molar-refractivity contribution in [3.8, 4) is 0 Å². The Morgan fingerprint density at radius 3 is 3.06 bits per heavy atom. The Balaban J connectivity index is 2.06. The summed E-state index contributed by atoms with van der Waals surface area (Å²) in [4.78, 5) is 28.5. The first-order valence-electron chi connectivity index (χ1n) is 6.12. The van der Waals surface area contributed by atoms with Crippen molar-refractivity contribution in [3.05, 3.63) is 30.1 Å². The number of amides is 2. The highest BCUT2D eigenvalue weighted by Gasteiger charge is 2.26. The van der Waals surface area contributed by atoms with Crippen molar-refractivity contribution in [2.75, 3.05) is 6.54 Å². The molecule has 1 fully saturated rings. The zero-order valence-corrected chi connectivity index (χ0v) is 10.1. The van der Waals surface area contributed by atoms with Crippen LogP contribution in [0.15, 0.2) is 24.4 Å². The van der Waals surface area contributed by atoms with Gasteiger partial charge in [0.05, 0.1) is 12.2 Å². The van der Waals surface area contributed by atoms with Gasteiger partial charge in [0, 0.05) is 12.7 Å². The third kappa shape index (κ3) is 3.06. The smallest absolute Gasteiger partial charge is 0.309 e. The molecule has 1 aliphatic heterocycles. The summed E-state index contributed by atoms with van der Waals surface area (Å²) in [5.41, 5.74) is 0.863. The van der Waals surface area contributed by atoms with E-state index in [2.05, 4.69) is 10.3 Å². The van der Waals surface area contributed by atoms with Gasteiger partial charge in [-0.2, -0.15) is 0 Å². The predicted molar refractivity (Wildman–Crippen MR) is 66.1 cm³/mol. The van der Waals surface area contributed by atoms with Crippen molar-refractivity contribution in [3.63, 3.8) is 0 Å². The molecule has 1 radical (unpaired) electrons. The summed E-state index contributed by atoms with van der Waals surface area (Å²) in [5.74, 6) is -0.0403. The molecule has 5 nitrogen and oxygen atoms in total. The SMILES string of the molecule is O=[C]N[C@H]1CCCCN(Cc2ccccn2)C1=O. The molecule has 0 spiro atoms. The van der Waals surface area contributed by atoms with Crippen LogP contribution in [0.2, 0.25) is 0 Å². The van der Waals surface area contributed by atoms with Gasteiger partial charge in [0.2, 0.25) is 5.91 Å². The summed E-state index contributed by atoms with van der Waals surface area (Å²) in [6.45, 7) is 1.21. The van der Waals surface area contributed by atoms with E-state index < -0.39 is 6.04 Å². The third-order valence-corrected chi connectivity index (χ3v) is 3.09. The molecule has 1 N–H and O–H groups in total. The number of nitrogens with zero attached hydrogens (tertiary/aromatic N) is 2. The number of rotatable bonds is 4. The minimum Gasteiger partial charge on any atom is -0.336 e. The molecular formula is C13H16N3O2. The van der Waals surface area contributed by atoms with Crippen LogP contribution >= 0.6 is 0 Å². The second kappa shape index (κ2) is 6.14. The molecule has 2 amide bonds. The maximum absolute atomic E-state index is 12.2. The molecule has 1 aromatic heterocycles. The van der Waals surface area contributed by atoms with E-state index in [1.54, 1.807) is 17.5 Å². The maximum Gasteiger partial charge on any atom is 0.309 e. The van der Waals surface area contributed by atoms with E-state index in [0.717, 1.165) is 18.5 Å². The van der Waals surface area contributed by atoms with Crippen LogP contribution in [-0.2, 0) is 16.1 Å². The number of nitrogens with one attached hydrogen (secondary N) is 1. The average molecular weight is 246 g/mol. The molecule has 95 valence electrons. The van der Waals surface area contributed by atoms with Gasteiger partial charge < -0.3 is 10.2 Å². The number of carbonyl (C=O) groups is 1. The quantitative estimate of drug-likeness (QED) is 0.792. The molecule has 0 aromatic carbocycles. The Labute approximate surface area is 106 Å². The highest BCUT2D eigenvalue weighted by atomic mass is 16.2. The zero-order chi connectivity index (χ0) is 12.8. The maximum atomic E-state index is 12.2. The zero-order valence-electron chi connectivity index (χ0n) is 10.1. The third-order valence-electron chi connectivity index (χ3n) is 3.09. The molecule has 2 heterocycles. The van der Waals surface area contributed by atoms with E-state index in [4.69, 9.17) is 0 Å². The topological polar surface area (TPSA) is 62.3 Å². The normalized spacial score (nSPS) is 20.3. The van der Waals surface area contributed by atoms with Gasteiger partial charge in [0.1, 0.15) is 6.04 Å². The van der Waals surface area contributed by atoms with Gasteiger partial charge in [-0.05, 0) is 31.4 Å². The molecule has 1 aliphatic rings. The number of aromatic nitrogens is 1. The largest absolute Gasteiger partial charge is 0.336 e. The van der Waals surface area contributed by atoms with Crippen LogP contribution in [0, 0.1) is 0 Å². The Hall–Kier alpha value is -1.91. The van der Waals surface area contributed by atoms with Gasteiger partial charge >= 0.3 is 6.41 Å². The summed E-state index contributed by atoms with van der Waals surface area (Å²) >= 11 is 0. The van der Waals surface area contributed by atoms with Gasteiger partial charge in [0.25, 0.3) is 0 Å². The van der Waals surface area contributed by atoms with Crippen LogP contribution in [0.4, 0.5) is 0 Å². The summed E-state index contributed by atoms with van der Waals surface area (Å²) in [5, 5.41) is 2.47. The molecule has 0 bridgehead atoms. The molecule has 1 saturated heterocycles. The Morgan fingerprint density at radius 2 is 2.33 bits per heavy atom. The van der Waals surface area contributed by atoms with E-state index in [1.165, 1.54) is 0 Å². The summed E-state index contributed by atoms with van der Waals surface area (Å²) in [7, 11) is 0. The minimum atomic E-state index is -0.436. The summed E-state index contributed by atoms with van der Waals surface area (Å²) in [6, 6.07) is 5.21. The van der Waals surface area contributed by atoms with Crippen molar-refractivity contribution in [2.45, 2.75) is 31.8 Å². The number of hydrogen-bond acceptors (Lipinski definition) is 3. The number of carbonyl (C=O) groups excluding carboxylic acids is 2. The lowest BCUT2D eigenvalue weighted by Crippen LogP contribution is -2.44. The summed E-state index contributed by atoms with van der Waals surface area (Å²) in [6.07, 6.45) is 5.91. The fourth-order valence-corrected chi connectivity index (χ4v) is 2.15. The molecule has 0 aliphatic carbocycles. The fraction of sp³-hybridized carbons (Fsp3) is 0.462. The van der Waals surface area contributed by atoms with Gasteiger partial charge in [-0.25, -0.2) is 0 Å². The average Bonchev–Trinajstić information content (AvgIpc) is 2.56. The number of hydrogen-bond donors (Lipinski definition) is 1. The lowest BCUT2D eigenvalue weighted by Gasteiger charge is -2.23. The van der Waals surface area contributed by atoms with Crippen LogP contribution in [0.25, 0.3) is 0 Å². The van der Waals surface area contributed by atoms with Crippen molar-refractivity contribution < 1.29 is 9.59 Å². The summed E-state index contributed by atoms with van der Waals surface area (Å²) < 4.78 is 0.